The van der Waals surface area contributed by atoms with Gasteiger partial charge in [0.2, 0.25) is 0 Å². The summed E-state index contributed by atoms with van der Waals surface area (Å²) in [6, 6.07) is 8.07. The summed E-state index contributed by atoms with van der Waals surface area (Å²) in [6.45, 7) is 4.03. The maximum Gasteiger partial charge on any atom is 0.122 e. The highest BCUT2D eigenvalue weighted by Gasteiger charge is 2.05. The van der Waals surface area contributed by atoms with E-state index < -0.39 is 0 Å². The first-order valence-electron chi connectivity index (χ1n) is 5.32. The van der Waals surface area contributed by atoms with Gasteiger partial charge in [-0.1, -0.05) is 18.2 Å². The van der Waals surface area contributed by atoms with Gasteiger partial charge < -0.3 is 10.2 Å². The van der Waals surface area contributed by atoms with E-state index in [4.69, 9.17) is 10.6 Å². The van der Waals surface area contributed by atoms with E-state index in [-0.39, 0.29) is 6.04 Å². The van der Waals surface area contributed by atoms with Gasteiger partial charge in [-0.05, 0) is 19.9 Å². The van der Waals surface area contributed by atoms with E-state index in [1.165, 1.54) is 0 Å². The number of rotatable bonds is 4. The van der Waals surface area contributed by atoms with Crippen molar-refractivity contribution in [1.29, 1.82) is 0 Å². The van der Waals surface area contributed by atoms with Crippen molar-refractivity contribution >= 4 is 5.84 Å². The number of para-hydroxylation sites is 1. The molecule has 1 rings (SSSR count). The molecule has 0 unspecified atom stereocenters. The van der Waals surface area contributed by atoms with Crippen LogP contribution in [0.3, 0.4) is 0 Å². The van der Waals surface area contributed by atoms with Crippen LogP contribution in [-0.4, -0.2) is 19.0 Å². The number of nitrogens with zero attached hydrogens (tertiary/aromatic N) is 1. The molecule has 0 bridgehead atoms. The fourth-order valence-electron chi connectivity index (χ4n) is 1.48. The molecule has 3 N–H and O–H groups in total. The van der Waals surface area contributed by atoms with Crippen LogP contribution in [0.1, 0.15) is 19.4 Å². The van der Waals surface area contributed by atoms with Gasteiger partial charge in [0, 0.05) is 18.0 Å². The van der Waals surface area contributed by atoms with Crippen molar-refractivity contribution in [2.75, 3.05) is 7.11 Å². The zero-order valence-corrected chi connectivity index (χ0v) is 10.0. The van der Waals surface area contributed by atoms with Crippen LogP contribution in [-0.2, 0) is 6.42 Å². The first-order chi connectivity index (χ1) is 7.67. The zero-order chi connectivity index (χ0) is 12.0. The molecule has 1 aromatic carbocycles. The van der Waals surface area contributed by atoms with Crippen molar-refractivity contribution in [2.24, 2.45) is 10.8 Å². The number of nitrogens with two attached hydrogens (primary N) is 1. The number of aliphatic imine (C=N–C) groups is 1. The second-order valence-electron chi connectivity index (χ2n) is 3.80. The van der Waals surface area contributed by atoms with Gasteiger partial charge in [-0.2, -0.15) is 0 Å². The number of methoxy groups -OCH3 is 1. The lowest BCUT2D eigenvalue weighted by molar-refractivity contribution is 0.411. The molecular formula is C12H19N3O. The molecule has 0 aromatic heterocycles. The van der Waals surface area contributed by atoms with Crippen molar-refractivity contribution < 1.29 is 4.74 Å². The van der Waals surface area contributed by atoms with Crippen molar-refractivity contribution in [3.05, 3.63) is 29.8 Å². The first kappa shape index (κ1) is 12.5. The average Bonchev–Trinajstić information content (AvgIpc) is 2.28. The number of hydrogen-bond acceptors (Lipinski definition) is 3. The third-order valence-corrected chi connectivity index (χ3v) is 2.13. The number of nitrogens with one attached hydrogen (secondary N) is 1. The molecule has 1 aromatic rings. The van der Waals surface area contributed by atoms with E-state index in [2.05, 4.69) is 10.4 Å². The van der Waals surface area contributed by atoms with Gasteiger partial charge >= 0.3 is 0 Å². The van der Waals surface area contributed by atoms with Crippen LogP contribution in [0.25, 0.3) is 0 Å². The monoisotopic (exact) mass is 221 g/mol. The van der Waals surface area contributed by atoms with E-state index in [9.17, 15) is 0 Å². The summed E-state index contributed by atoms with van der Waals surface area (Å²) in [6.07, 6.45) is 0.651. The molecule has 0 aliphatic carbocycles. The van der Waals surface area contributed by atoms with Crippen molar-refractivity contribution in [3.8, 4) is 5.75 Å². The van der Waals surface area contributed by atoms with E-state index >= 15 is 0 Å². The summed E-state index contributed by atoms with van der Waals surface area (Å²) in [5.41, 5.74) is 3.70. The highest BCUT2D eigenvalue weighted by molar-refractivity contribution is 5.84. The highest BCUT2D eigenvalue weighted by Crippen LogP contribution is 2.17. The number of ether oxygens (including phenoxy) is 1. The Bertz CT molecular complexity index is 361. The largest absolute Gasteiger partial charge is 0.496 e. The van der Waals surface area contributed by atoms with Gasteiger partial charge in [-0.15, -0.1) is 0 Å². The molecule has 0 radical (unpaired) electrons. The van der Waals surface area contributed by atoms with Gasteiger partial charge in [0.1, 0.15) is 11.6 Å². The predicted molar refractivity (Wildman–Crippen MR) is 66.6 cm³/mol. The lowest BCUT2D eigenvalue weighted by Crippen LogP contribution is -2.32. The molecule has 16 heavy (non-hydrogen) atoms. The maximum atomic E-state index is 5.44. The van der Waals surface area contributed by atoms with E-state index in [1.54, 1.807) is 7.11 Å². The molecule has 0 atom stereocenters. The van der Waals surface area contributed by atoms with Gasteiger partial charge in [0.25, 0.3) is 0 Å². The zero-order valence-electron chi connectivity index (χ0n) is 10.0. The Labute approximate surface area is 96.5 Å². The Morgan fingerprint density at radius 2 is 2.12 bits per heavy atom. The summed E-state index contributed by atoms with van der Waals surface area (Å²) in [4.78, 5) is 4.39. The normalized spacial score (nSPS) is 11.7. The summed E-state index contributed by atoms with van der Waals surface area (Å²) in [5.74, 6) is 7.06. The standard InChI is InChI=1S/C12H19N3O/c1-9(2)14-12(15-13)8-10-6-4-5-7-11(10)16-3/h4-7,9H,8,13H2,1-3H3,(H,14,15). The molecule has 88 valence electrons. The highest BCUT2D eigenvalue weighted by atomic mass is 16.5. The third-order valence-electron chi connectivity index (χ3n) is 2.13. The van der Waals surface area contributed by atoms with Crippen LogP contribution in [0.15, 0.2) is 29.3 Å². The molecule has 0 fully saturated rings. The molecule has 0 heterocycles. The van der Waals surface area contributed by atoms with E-state index in [0.717, 1.165) is 17.1 Å². The van der Waals surface area contributed by atoms with Crippen LogP contribution in [0, 0.1) is 0 Å². The van der Waals surface area contributed by atoms with Crippen LogP contribution in [0.5, 0.6) is 5.75 Å². The maximum absolute atomic E-state index is 5.44. The minimum absolute atomic E-state index is 0.223. The van der Waals surface area contributed by atoms with E-state index in [0.29, 0.717) is 6.42 Å². The topological polar surface area (TPSA) is 59.6 Å². The molecule has 0 amide bonds. The summed E-state index contributed by atoms with van der Waals surface area (Å²) < 4.78 is 5.27. The van der Waals surface area contributed by atoms with Gasteiger partial charge in [0.15, 0.2) is 0 Å². The Morgan fingerprint density at radius 3 is 2.69 bits per heavy atom. The van der Waals surface area contributed by atoms with E-state index in [1.807, 2.05) is 38.1 Å². The summed E-state index contributed by atoms with van der Waals surface area (Å²) in [7, 11) is 1.66. The molecular weight excluding hydrogens is 202 g/mol. The molecule has 0 aliphatic heterocycles. The Morgan fingerprint density at radius 1 is 1.44 bits per heavy atom. The quantitative estimate of drug-likeness (QED) is 0.350. The average molecular weight is 221 g/mol. The van der Waals surface area contributed by atoms with Crippen molar-refractivity contribution in [1.82, 2.24) is 5.43 Å². The third kappa shape index (κ3) is 3.55. The minimum Gasteiger partial charge on any atom is -0.496 e. The number of hydrogen-bond donors (Lipinski definition) is 2. The second kappa shape index (κ2) is 6.12. The molecule has 0 saturated carbocycles. The SMILES string of the molecule is COc1ccccc1CC(=NC(C)C)NN. The van der Waals surface area contributed by atoms with Crippen LogP contribution >= 0.6 is 0 Å². The smallest absolute Gasteiger partial charge is 0.122 e. The van der Waals surface area contributed by atoms with Gasteiger partial charge in [0.05, 0.1) is 7.11 Å². The minimum atomic E-state index is 0.223. The Kier molecular flexibility index (Phi) is 4.79. The Balaban J connectivity index is 2.85. The van der Waals surface area contributed by atoms with Gasteiger partial charge in [-0.25, -0.2) is 5.84 Å². The van der Waals surface area contributed by atoms with Crippen molar-refractivity contribution in [2.45, 2.75) is 26.3 Å². The van der Waals surface area contributed by atoms with Crippen LogP contribution < -0.4 is 16.0 Å². The number of amidine groups is 1. The molecule has 0 aliphatic rings. The summed E-state index contributed by atoms with van der Waals surface area (Å²) in [5, 5.41) is 0. The van der Waals surface area contributed by atoms with Gasteiger partial charge in [-0.3, -0.25) is 4.99 Å². The molecule has 4 heteroatoms. The van der Waals surface area contributed by atoms with Crippen LogP contribution in [0.4, 0.5) is 0 Å². The molecule has 0 saturated heterocycles. The Hall–Kier alpha value is -1.55. The molecule has 4 nitrogen and oxygen atoms in total. The lowest BCUT2D eigenvalue weighted by atomic mass is 10.1. The number of benzene rings is 1. The second-order valence-corrected chi connectivity index (χ2v) is 3.80. The predicted octanol–water partition coefficient (Wildman–Crippen LogP) is 1.51. The fourth-order valence-corrected chi connectivity index (χ4v) is 1.48. The molecule has 0 spiro atoms. The first-order valence-corrected chi connectivity index (χ1v) is 5.32. The summed E-state index contributed by atoms with van der Waals surface area (Å²) >= 11 is 0. The van der Waals surface area contributed by atoms with Crippen LogP contribution in [0.2, 0.25) is 0 Å². The lowest BCUT2D eigenvalue weighted by Gasteiger charge is -2.10. The number of hydrazine groups is 1. The fraction of sp³-hybridized carbons (Fsp3) is 0.417. The van der Waals surface area contributed by atoms with Crippen molar-refractivity contribution in [3.63, 3.8) is 0 Å².